The first kappa shape index (κ1) is 14.8. The van der Waals surface area contributed by atoms with Gasteiger partial charge in [-0.25, -0.2) is 0 Å². The number of carbonyl (C=O) groups is 1. The van der Waals surface area contributed by atoms with Gasteiger partial charge in [-0.3, -0.25) is 4.79 Å². The summed E-state index contributed by atoms with van der Waals surface area (Å²) < 4.78 is 5.11. The summed E-state index contributed by atoms with van der Waals surface area (Å²) in [6.07, 6.45) is 0.271. The Labute approximate surface area is 124 Å². The monoisotopic (exact) mass is 280 g/mol. The van der Waals surface area contributed by atoms with E-state index >= 15 is 0 Å². The van der Waals surface area contributed by atoms with E-state index < -0.39 is 0 Å². The van der Waals surface area contributed by atoms with Gasteiger partial charge in [0.2, 0.25) is 5.91 Å². The van der Waals surface area contributed by atoms with Crippen molar-refractivity contribution in [3.8, 4) is 6.07 Å². The smallest absolute Gasteiger partial charge is 0.228 e. The summed E-state index contributed by atoms with van der Waals surface area (Å²) in [6.45, 7) is 0.452. The quantitative estimate of drug-likeness (QED) is 0.916. The van der Waals surface area contributed by atoms with Crippen LogP contribution in [0.15, 0.2) is 48.5 Å². The molecule has 0 aromatic heterocycles. The molecule has 0 aliphatic rings. The molecule has 0 radical (unpaired) electrons. The average Bonchev–Trinajstić information content (AvgIpc) is 2.50. The summed E-state index contributed by atoms with van der Waals surface area (Å²) in [4.78, 5) is 12.1. The van der Waals surface area contributed by atoms with E-state index in [9.17, 15) is 4.79 Å². The van der Waals surface area contributed by atoms with Gasteiger partial charge >= 0.3 is 0 Å². The van der Waals surface area contributed by atoms with E-state index in [1.54, 1.807) is 31.4 Å². The van der Waals surface area contributed by atoms with Gasteiger partial charge in [0.15, 0.2) is 0 Å². The Morgan fingerprint density at radius 2 is 1.90 bits per heavy atom. The van der Waals surface area contributed by atoms with Gasteiger partial charge in [-0.15, -0.1) is 0 Å². The van der Waals surface area contributed by atoms with Crippen molar-refractivity contribution in [1.82, 2.24) is 0 Å². The summed E-state index contributed by atoms with van der Waals surface area (Å²) >= 11 is 0. The number of rotatable bonds is 5. The van der Waals surface area contributed by atoms with Gasteiger partial charge in [-0.1, -0.05) is 30.3 Å². The molecule has 0 spiro atoms. The van der Waals surface area contributed by atoms with Crippen LogP contribution < -0.4 is 5.32 Å². The van der Waals surface area contributed by atoms with Crippen molar-refractivity contribution >= 4 is 11.6 Å². The van der Waals surface area contributed by atoms with Crippen LogP contribution in [0.2, 0.25) is 0 Å². The molecular weight excluding hydrogens is 264 g/mol. The van der Waals surface area contributed by atoms with Crippen molar-refractivity contribution in [3.63, 3.8) is 0 Å². The zero-order valence-corrected chi connectivity index (χ0v) is 11.8. The lowest BCUT2D eigenvalue weighted by atomic mass is 10.1. The molecule has 0 aliphatic carbocycles. The van der Waals surface area contributed by atoms with Gasteiger partial charge in [0.05, 0.1) is 24.7 Å². The fourth-order valence-electron chi connectivity index (χ4n) is 2.00. The second-order valence-electron chi connectivity index (χ2n) is 4.62. The highest BCUT2D eigenvalue weighted by Crippen LogP contribution is 2.16. The van der Waals surface area contributed by atoms with Crippen LogP contribution in [-0.4, -0.2) is 13.0 Å². The summed E-state index contributed by atoms with van der Waals surface area (Å²) in [5.74, 6) is -0.0942. The highest BCUT2D eigenvalue weighted by Gasteiger charge is 2.07. The maximum Gasteiger partial charge on any atom is 0.228 e. The van der Waals surface area contributed by atoms with Gasteiger partial charge < -0.3 is 10.1 Å². The molecule has 0 saturated heterocycles. The SMILES string of the molecule is COCc1ccccc1NC(=O)Cc1ccc(C#N)cc1. The molecule has 2 aromatic carbocycles. The summed E-state index contributed by atoms with van der Waals surface area (Å²) in [6, 6.07) is 16.6. The second kappa shape index (κ2) is 7.22. The lowest BCUT2D eigenvalue weighted by molar-refractivity contribution is -0.115. The van der Waals surface area contributed by atoms with Crippen molar-refractivity contribution in [2.24, 2.45) is 0 Å². The van der Waals surface area contributed by atoms with Crippen LogP contribution in [0.4, 0.5) is 5.69 Å². The van der Waals surface area contributed by atoms with E-state index in [-0.39, 0.29) is 12.3 Å². The first-order valence-corrected chi connectivity index (χ1v) is 6.58. The van der Waals surface area contributed by atoms with Crippen molar-refractivity contribution in [2.75, 3.05) is 12.4 Å². The van der Waals surface area contributed by atoms with Crippen LogP contribution in [0.5, 0.6) is 0 Å². The van der Waals surface area contributed by atoms with Crippen LogP contribution in [0.25, 0.3) is 0 Å². The molecule has 0 fully saturated rings. The Hall–Kier alpha value is -2.64. The largest absolute Gasteiger partial charge is 0.380 e. The standard InChI is InChI=1S/C17H16N2O2/c1-21-12-15-4-2-3-5-16(15)19-17(20)10-13-6-8-14(11-18)9-7-13/h2-9H,10,12H2,1H3,(H,19,20). The first-order chi connectivity index (χ1) is 10.2. The fraction of sp³-hybridized carbons (Fsp3) is 0.176. The van der Waals surface area contributed by atoms with E-state index in [0.717, 1.165) is 16.8 Å². The molecule has 0 unspecified atom stereocenters. The number of hydrogen-bond acceptors (Lipinski definition) is 3. The molecule has 1 N–H and O–H groups in total. The minimum absolute atomic E-state index is 0.0942. The second-order valence-corrected chi connectivity index (χ2v) is 4.62. The molecule has 1 amide bonds. The highest BCUT2D eigenvalue weighted by atomic mass is 16.5. The molecule has 0 atom stereocenters. The van der Waals surface area contributed by atoms with Crippen molar-refractivity contribution in [2.45, 2.75) is 13.0 Å². The maximum absolute atomic E-state index is 12.1. The molecule has 0 bridgehead atoms. The minimum atomic E-state index is -0.0942. The van der Waals surface area contributed by atoms with E-state index in [0.29, 0.717) is 12.2 Å². The van der Waals surface area contributed by atoms with Crippen LogP contribution in [-0.2, 0) is 22.6 Å². The van der Waals surface area contributed by atoms with Crippen LogP contribution in [0.1, 0.15) is 16.7 Å². The topological polar surface area (TPSA) is 62.1 Å². The highest BCUT2D eigenvalue weighted by molar-refractivity contribution is 5.93. The van der Waals surface area contributed by atoms with Gasteiger partial charge in [-0.05, 0) is 23.8 Å². The Balaban J connectivity index is 2.03. The molecule has 2 rings (SSSR count). The van der Waals surface area contributed by atoms with Gasteiger partial charge in [0.25, 0.3) is 0 Å². The third-order valence-corrected chi connectivity index (χ3v) is 3.04. The number of carbonyl (C=O) groups excluding carboxylic acids is 1. The molecule has 4 heteroatoms. The van der Waals surface area contributed by atoms with Gasteiger partial charge in [0, 0.05) is 18.4 Å². The number of nitrogens with one attached hydrogen (secondary N) is 1. The number of ether oxygens (including phenoxy) is 1. The number of methoxy groups -OCH3 is 1. The normalized spacial score (nSPS) is 9.90. The molecule has 106 valence electrons. The van der Waals surface area contributed by atoms with E-state index in [2.05, 4.69) is 11.4 Å². The number of para-hydroxylation sites is 1. The number of nitriles is 1. The fourth-order valence-corrected chi connectivity index (χ4v) is 2.00. The third kappa shape index (κ3) is 4.16. The number of hydrogen-bond donors (Lipinski definition) is 1. The third-order valence-electron chi connectivity index (χ3n) is 3.04. The molecule has 2 aromatic rings. The Morgan fingerprint density at radius 3 is 2.57 bits per heavy atom. The van der Waals surface area contributed by atoms with Gasteiger partial charge in [-0.2, -0.15) is 5.26 Å². The van der Waals surface area contributed by atoms with Crippen LogP contribution in [0, 0.1) is 11.3 Å². The molecule has 4 nitrogen and oxygen atoms in total. The number of amides is 1. The van der Waals surface area contributed by atoms with E-state index in [1.807, 2.05) is 24.3 Å². The molecule has 0 saturated carbocycles. The van der Waals surface area contributed by atoms with Crippen molar-refractivity contribution in [3.05, 3.63) is 65.2 Å². The number of anilines is 1. The summed E-state index contributed by atoms with van der Waals surface area (Å²) in [5, 5.41) is 11.6. The minimum Gasteiger partial charge on any atom is -0.380 e. The zero-order chi connectivity index (χ0) is 15.1. The Morgan fingerprint density at radius 1 is 1.19 bits per heavy atom. The summed E-state index contributed by atoms with van der Waals surface area (Å²) in [5.41, 5.74) is 3.16. The van der Waals surface area contributed by atoms with Crippen LogP contribution >= 0.6 is 0 Å². The molecule has 0 aliphatic heterocycles. The zero-order valence-electron chi connectivity index (χ0n) is 11.8. The number of nitrogens with zero attached hydrogens (tertiary/aromatic N) is 1. The summed E-state index contributed by atoms with van der Waals surface area (Å²) in [7, 11) is 1.62. The Kier molecular flexibility index (Phi) is 5.08. The van der Waals surface area contributed by atoms with E-state index in [4.69, 9.17) is 10.00 Å². The average molecular weight is 280 g/mol. The maximum atomic E-state index is 12.1. The number of benzene rings is 2. The predicted molar refractivity (Wildman–Crippen MR) is 80.6 cm³/mol. The lowest BCUT2D eigenvalue weighted by Gasteiger charge is -2.10. The molecular formula is C17H16N2O2. The van der Waals surface area contributed by atoms with Crippen molar-refractivity contribution < 1.29 is 9.53 Å². The first-order valence-electron chi connectivity index (χ1n) is 6.58. The van der Waals surface area contributed by atoms with Gasteiger partial charge in [0.1, 0.15) is 0 Å². The van der Waals surface area contributed by atoms with Crippen molar-refractivity contribution in [1.29, 1.82) is 5.26 Å². The molecule has 0 heterocycles. The predicted octanol–water partition coefficient (Wildman–Crippen LogP) is 2.89. The Bertz CT molecular complexity index is 657. The van der Waals surface area contributed by atoms with E-state index in [1.165, 1.54) is 0 Å². The molecule has 21 heavy (non-hydrogen) atoms. The van der Waals surface area contributed by atoms with Crippen LogP contribution in [0.3, 0.4) is 0 Å². The lowest BCUT2D eigenvalue weighted by Crippen LogP contribution is -2.15.